The predicted molar refractivity (Wildman–Crippen MR) is 56.8 cm³/mol. The predicted octanol–water partition coefficient (Wildman–Crippen LogP) is 2.57. The Morgan fingerprint density at radius 1 is 1.21 bits per heavy atom. The van der Waals surface area contributed by atoms with E-state index in [2.05, 4.69) is 4.98 Å². The zero-order valence-corrected chi connectivity index (χ0v) is 8.49. The third-order valence-electron chi connectivity index (χ3n) is 1.93. The molecule has 3 N–H and O–H groups in total. The van der Waals surface area contributed by atoms with Crippen LogP contribution < -0.4 is 5.73 Å². The van der Waals surface area contributed by atoms with Gasteiger partial charge in [-0.2, -0.15) is 0 Å². The first-order valence-electron chi connectivity index (χ1n) is 3.85. The number of hydrogen-bond acceptors (Lipinski definition) is 1. The second-order valence-corrected chi connectivity index (χ2v) is 3.72. The van der Waals surface area contributed by atoms with Crippen LogP contribution in [0.1, 0.15) is 10.5 Å². The molecule has 2 aromatic rings. The Labute approximate surface area is 89.8 Å². The Bertz CT molecular complexity index is 480. The van der Waals surface area contributed by atoms with Gasteiger partial charge in [-0.05, 0) is 18.2 Å². The van der Waals surface area contributed by atoms with Gasteiger partial charge >= 0.3 is 0 Å². The number of rotatable bonds is 1. The maximum absolute atomic E-state index is 10.9. The number of fused-ring (bicyclic) bond motifs is 1. The standard InChI is InChI=1S/C9H6Cl2N2O/c10-5-1-4-2-8(9(12)14)13-7(4)3-6(5)11/h1-3,13H,(H2,12,14). The zero-order chi connectivity index (χ0) is 10.3. The van der Waals surface area contributed by atoms with Gasteiger partial charge < -0.3 is 10.7 Å². The Hall–Kier alpha value is -1.19. The van der Waals surface area contributed by atoms with Crippen LogP contribution in [0.3, 0.4) is 0 Å². The summed E-state index contributed by atoms with van der Waals surface area (Å²) in [4.78, 5) is 13.7. The van der Waals surface area contributed by atoms with Crippen molar-refractivity contribution in [3.63, 3.8) is 0 Å². The van der Waals surface area contributed by atoms with Gasteiger partial charge in [0, 0.05) is 10.9 Å². The number of nitrogens with one attached hydrogen (secondary N) is 1. The molecule has 0 aliphatic rings. The van der Waals surface area contributed by atoms with Crippen LogP contribution in [0, 0.1) is 0 Å². The average Bonchev–Trinajstić information content (AvgIpc) is 2.48. The molecule has 0 unspecified atom stereocenters. The van der Waals surface area contributed by atoms with Crippen molar-refractivity contribution in [1.82, 2.24) is 4.98 Å². The molecule has 0 radical (unpaired) electrons. The van der Waals surface area contributed by atoms with Gasteiger partial charge in [0.15, 0.2) is 0 Å². The van der Waals surface area contributed by atoms with Crippen LogP contribution in [0.4, 0.5) is 0 Å². The summed E-state index contributed by atoms with van der Waals surface area (Å²) in [6, 6.07) is 4.98. The third kappa shape index (κ3) is 1.45. The SMILES string of the molecule is NC(=O)c1cc2cc(Cl)c(Cl)cc2[nH]1. The first-order chi connectivity index (χ1) is 6.58. The van der Waals surface area contributed by atoms with E-state index < -0.39 is 5.91 Å². The summed E-state index contributed by atoms with van der Waals surface area (Å²) < 4.78 is 0. The maximum Gasteiger partial charge on any atom is 0.265 e. The molecular formula is C9H6Cl2N2O. The molecule has 0 atom stereocenters. The highest BCUT2D eigenvalue weighted by molar-refractivity contribution is 6.42. The molecule has 1 aromatic heterocycles. The van der Waals surface area contributed by atoms with Crippen LogP contribution >= 0.6 is 23.2 Å². The lowest BCUT2D eigenvalue weighted by molar-refractivity contribution is 0.0996. The minimum atomic E-state index is -0.506. The van der Waals surface area contributed by atoms with Gasteiger partial charge in [-0.25, -0.2) is 0 Å². The number of halogens is 2. The summed E-state index contributed by atoms with van der Waals surface area (Å²) >= 11 is 11.6. The summed E-state index contributed by atoms with van der Waals surface area (Å²) in [6.45, 7) is 0. The highest BCUT2D eigenvalue weighted by Crippen LogP contribution is 2.27. The fraction of sp³-hybridized carbons (Fsp3) is 0. The first kappa shape index (κ1) is 9.37. The van der Waals surface area contributed by atoms with Crippen LogP contribution in [0.5, 0.6) is 0 Å². The van der Waals surface area contributed by atoms with E-state index in [1.807, 2.05) is 0 Å². The quantitative estimate of drug-likeness (QED) is 0.775. The monoisotopic (exact) mass is 228 g/mol. The number of H-pyrrole nitrogens is 1. The Kier molecular flexibility index (Phi) is 2.13. The normalized spacial score (nSPS) is 10.7. The third-order valence-corrected chi connectivity index (χ3v) is 2.65. The van der Waals surface area contributed by atoms with Crippen molar-refractivity contribution in [3.05, 3.63) is 33.9 Å². The van der Waals surface area contributed by atoms with E-state index in [1.165, 1.54) is 0 Å². The van der Waals surface area contributed by atoms with Crippen LogP contribution in [-0.4, -0.2) is 10.9 Å². The first-order valence-corrected chi connectivity index (χ1v) is 4.61. The van der Waals surface area contributed by atoms with Gasteiger partial charge in [0.05, 0.1) is 10.0 Å². The molecule has 0 spiro atoms. The molecule has 14 heavy (non-hydrogen) atoms. The van der Waals surface area contributed by atoms with Gasteiger partial charge in [-0.3, -0.25) is 4.79 Å². The highest BCUT2D eigenvalue weighted by Gasteiger charge is 2.07. The van der Waals surface area contributed by atoms with E-state index in [9.17, 15) is 4.79 Å². The van der Waals surface area contributed by atoms with Crippen molar-refractivity contribution in [2.45, 2.75) is 0 Å². The molecule has 1 heterocycles. The molecular weight excluding hydrogens is 223 g/mol. The maximum atomic E-state index is 10.9. The molecule has 1 aromatic carbocycles. The molecule has 1 amide bonds. The number of carbonyl (C=O) groups excluding carboxylic acids is 1. The molecule has 0 saturated carbocycles. The second-order valence-electron chi connectivity index (χ2n) is 2.90. The van der Waals surface area contributed by atoms with Crippen LogP contribution in [0.15, 0.2) is 18.2 Å². The number of benzene rings is 1. The summed E-state index contributed by atoms with van der Waals surface area (Å²) in [5, 5.41) is 1.71. The van der Waals surface area contributed by atoms with Crippen molar-refractivity contribution >= 4 is 40.0 Å². The van der Waals surface area contributed by atoms with Gasteiger partial charge in [0.1, 0.15) is 5.69 Å². The second kappa shape index (κ2) is 3.19. The Balaban J connectivity index is 2.72. The van der Waals surface area contributed by atoms with Gasteiger partial charge in [0.25, 0.3) is 5.91 Å². The number of aromatic amines is 1. The van der Waals surface area contributed by atoms with Gasteiger partial charge in [-0.15, -0.1) is 0 Å². The molecule has 3 nitrogen and oxygen atoms in total. The van der Waals surface area contributed by atoms with E-state index in [0.717, 1.165) is 10.9 Å². The summed E-state index contributed by atoms with van der Waals surface area (Å²) in [5.41, 5.74) is 6.21. The summed E-state index contributed by atoms with van der Waals surface area (Å²) in [6.07, 6.45) is 0. The van der Waals surface area contributed by atoms with E-state index in [1.54, 1.807) is 18.2 Å². The molecule has 72 valence electrons. The van der Waals surface area contributed by atoms with Crippen molar-refractivity contribution in [3.8, 4) is 0 Å². The molecule has 0 aliphatic carbocycles. The smallest absolute Gasteiger partial charge is 0.265 e. The number of carbonyl (C=O) groups is 1. The van der Waals surface area contributed by atoms with E-state index in [4.69, 9.17) is 28.9 Å². The Morgan fingerprint density at radius 2 is 1.86 bits per heavy atom. The number of nitrogens with two attached hydrogens (primary N) is 1. The van der Waals surface area contributed by atoms with Crippen LogP contribution in [-0.2, 0) is 0 Å². The van der Waals surface area contributed by atoms with Crippen molar-refractivity contribution < 1.29 is 4.79 Å². The summed E-state index contributed by atoms with van der Waals surface area (Å²) in [7, 11) is 0. The number of aromatic nitrogens is 1. The topological polar surface area (TPSA) is 58.9 Å². The number of primary amides is 1. The van der Waals surface area contributed by atoms with Gasteiger partial charge in [0.2, 0.25) is 0 Å². The molecule has 0 aliphatic heterocycles. The van der Waals surface area contributed by atoms with Crippen LogP contribution in [0.25, 0.3) is 10.9 Å². The molecule has 0 saturated heterocycles. The zero-order valence-electron chi connectivity index (χ0n) is 6.97. The lowest BCUT2D eigenvalue weighted by atomic mass is 10.2. The minimum absolute atomic E-state index is 0.346. The van der Waals surface area contributed by atoms with Crippen molar-refractivity contribution in [2.24, 2.45) is 5.73 Å². The largest absolute Gasteiger partial charge is 0.364 e. The fourth-order valence-electron chi connectivity index (χ4n) is 1.26. The van der Waals surface area contributed by atoms with Crippen LogP contribution in [0.2, 0.25) is 10.0 Å². The van der Waals surface area contributed by atoms with Gasteiger partial charge in [-0.1, -0.05) is 23.2 Å². The van der Waals surface area contributed by atoms with Crippen molar-refractivity contribution in [1.29, 1.82) is 0 Å². The molecule has 5 heteroatoms. The highest BCUT2D eigenvalue weighted by atomic mass is 35.5. The summed E-state index contributed by atoms with van der Waals surface area (Å²) in [5.74, 6) is -0.506. The van der Waals surface area contributed by atoms with E-state index in [0.29, 0.717) is 15.7 Å². The number of hydrogen-bond donors (Lipinski definition) is 2. The average molecular weight is 229 g/mol. The molecule has 2 rings (SSSR count). The molecule has 0 bridgehead atoms. The lowest BCUT2D eigenvalue weighted by Gasteiger charge is -1.94. The Morgan fingerprint density at radius 3 is 2.50 bits per heavy atom. The molecule has 0 fully saturated rings. The lowest BCUT2D eigenvalue weighted by Crippen LogP contribution is -2.10. The van der Waals surface area contributed by atoms with Crippen molar-refractivity contribution in [2.75, 3.05) is 0 Å². The minimum Gasteiger partial charge on any atom is -0.364 e. The van der Waals surface area contributed by atoms with E-state index in [-0.39, 0.29) is 0 Å². The number of amides is 1. The van der Waals surface area contributed by atoms with E-state index >= 15 is 0 Å². The fourth-order valence-corrected chi connectivity index (χ4v) is 1.60.